The zero-order valence-corrected chi connectivity index (χ0v) is 9.29. The molecule has 1 aromatic carbocycles. The van der Waals surface area contributed by atoms with E-state index in [1.54, 1.807) is 0 Å². The Kier molecular flexibility index (Phi) is 4.62. The molecule has 3 nitrogen and oxygen atoms in total. The molecule has 1 aromatic rings. The molecular formula is C10H10ClF3O3. The van der Waals surface area contributed by atoms with E-state index < -0.39 is 25.5 Å². The normalized spacial score (nSPS) is 13.5. The summed E-state index contributed by atoms with van der Waals surface area (Å²) in [5, 5.41) is 17.9. The molecule has 0 heterocycles. The van der Waals surface area contributed by atoms with Gasteiger partial charge in [0.25, 0.3) is 0 Å². The molecule has 7 heteroatoms. The van der Waals surface area contributed by atoms with Crippen LogP contribution in [0.15, 0.2) is 18.2 Å². The van der Waals surface area contributed by atoms with Crippen LogP contribution in [0, 0.1) is 0 Å². The molecule has 0 bridgehead atoms. The minimum atomic E-state index is -4.74. The van der Waals surface area contributed by atoms with Crippen molar-refractivity contribution in [1.82, 2.24) is 0 Å². The highest BCUT2D eigenvalue weighted by atomic mass is 35.5. The summed E-state index contributed by atoms with van der Waals surface area (Å²) in [5.41, 5.74) is 0.184. The van der Waals surface area contributed by atoms with Gasteiger partial charge in [-0.05, 0) is 12.1 Å². The average molecular weight is 271 g/mol. The summed E-state index contributed by atoms with van der Waals surface area (Å²) in [7, 11) is 0. The van der Waals surface area contributed by atoms with Crippen molar-refractivity contribution in [3.8, 4) is 5.75 Å². The molecule has 1 unspecified atom stereocenters. The molecular weight excluding hydrogens is 261 g/mol. The van der Waals surface area contributed by atoms with E-state index in [1.807, 2.05) is 0 Å². The number of halogens is 4. The second-order valence-corrected chi connectivity index (χ2v) is 3.65. The largest absolute Gasteiger partial charge is 0.490 e. The minimum Gasteiger partial charge on any atom is -0.490 e. The third-order valence-electron chi connectivity index (χ3n) is 2.01. The Morgan fingerprint density at radius 3 is 2.53 bits per heavy atom. The lowest BCUT2D eigenvalue weighted by Crippen LogP contribution is -2.34. The highest BCUT2D eigenvalue weighted by Gasteiger charge is 2.38. The zero-order valence-electron chi connectivity index (χ0n) is 8.54. The molecule has 17 heavy (non-hydrogen) atoms. The van der Waals surface area contributed by atoms with Gasteiger partial charge in [-0.3, -0.25) is 0 Å². The van der Waals surface area contributed by atoms with Gasteiger partial charge in [0.15, 0.2) is 6.10 Å². The van der Waals surface area contributed by atoms with E-state index in [-0.39, 0.29) is 16.3 Å². The Balaban J connectivity index is 2.73. The fourth-order valence-electron chi connectivity index (χ4n) is 1.09. The monoisotopic (exact) mass is 270 g/mol. The standard InChI is InChI=1S/C10H10ClF3O3/c11-7-2-1-3-8(6(7)4-15)17-5-9(16)10(12,13)14/h1-3,9,15-16H,4-5H2. The first-order valence-electron chi connectivity index (χ1n) is 4.62. The van der Waals surface area contributed by atoms with Gasteiger partial charge in [0.2, 0.25) is 0 Å². The zero-order chi connectivity index (χ0) is 13.1. The van der Waals surface area contributed by atoms with E-state index in [0.29, 0.717) is 0 Å². The van der Waals surface area contributed by atoms with Crippen molar-refractivity contribution >= 4 is 11.6 Å². The molecule has 0 saturated carbocycles. The molecule has 0 saturated heterocycles. The van der Waals surface area contributed by atoms with Gasteiger partial charge in [-0.1, -0.05) is 17.7 Å². The molecule has 0 radical (unpaired) electrons. The van der Waals surface area contributed by atoms with E-state index in [9.17, 15) is 13.2 Å². The number of ether oxygens (including phenoxy) is 1. The highest BCUT2D eigenvalue weighted by molar-refractivity contribution is 6.31. The van der Waals surface area contributed by atoms with E-state index >= 15 is 0 Å². The molecule has 0 aliphatic carbocycles. The van der Waals surface area contributed by atoms with Gasteiger partial charge < -0.3 is 14.9 Å². The summed E-state index contributed by atoms with van der Waals surface area (Å²) in [5.74, 6) is 0.0169. The van der Waals surface area contributed by atoms with Crippen molar-refractivity contribution in [2.45, 2.75) is 18.9 Å². The van der Waals surface area contributed by atoms with Crippen LogP contribution in [0.1, 0.15) is 5.56 Å². The van der Waals surface area contributed by atoms with Crippen LogP contribution in [0.5, 0.6) is 5.75 Å². The topological polar surface area (TPSA) is 49.7 Å². The number of hydrogen-bond acceptors (Lipinski definition) is 3. The molecule has 1 rings (SSSR count). The predicted molar refractivity (Wildman–Crippen MR) is 54.9 cm³/mol. The Bertz CT molecular complexity index is 382. The van der Waals surface area contributed by atoms with Crippen molar-refractivity contribution in [2.75, 3.05) is 6.61 Å². The van der Waals surface area contributed by atoms with E-state index in [0.717, 1.165) is 0 Å². The van der Waals surface area contributed by atoms with Gasteiger partial charge in [0.1, 0.15) is 12.4 Å². The average Bonchev–Trinajstić information content (AvgIpc) is 2.24. The lowest BCUT2D eigenvalue weighted by Gasteiger charge is -2.17. The van der Waals surface area contributed by atoms with Gasteiger partial charge in [-0.15, -0.1) is 0 Å². The van der Waals surface area contributed by atoms with E-state index in [1.165, 1.54) is 18.2 Å². The lowest BCUT2D eigenvalue weighted by atomic mass is 10.2. The fourth-order valence-corrected chi connectivity index (χ4v) is 1.32. The molecule has 96 valence electrons. The fraction of sp³-hybridized carbons (Fsp3) is 0.400. The number of benzene rings is 1. The van der Waals surface area contributed by atoms with Crippen molar-refractivity contribution < 1.29 is 28.1 Å². The number of hydrogen-bond donors (Lipinski definition) is 2. The van der Waals surface area contributed by atoms with Gasteiger partial charge >= 0.3 is 6.18 Å². The summed E-state index contributed by atoms with van der Waals surface area (Å²) in [6.07, 6.45) is -7.31. The molecule has 0 aliphatic heterocycles. The molecule has 0 aliphatic rings. The van der Waals surface area contributed by atoms with Crippen LogP contribution in [0.3, 0.4) is 0 Å². The van der Waals surface area contributed by atoms with Crippen LogP contribution in [-0.2, 0) is 6.61 Å². The number of aliphatic hydroxyl groups is 2. The first-order valence-corrected chi connectivity index (χ1v) is 5.00. The Morgan fingerprint density at radius 2 is 2.00 bits per heavy atom. The van der Waals surface area contributed by atoms with Gasteiger partial charge in [0.05, 0.1) is 6.61 Å². The van der Waals surface area contributed by atoms with Crippen molar-refractivity contribution in [3.05, 3.63) is 28.8 Å². The third-order valence-corrected chi connectivity index (χ3v) is 2.36. The van der Waals surface area contributed by atoms with Crippen LogP contribution < -0.4 is 4.74 Å². The molecule has 0 spiro atoms. The maximum absolute atomic E-state index is 12.0. The third kappa shape index (κ3) is 3.76. The quantitative estimate of drug-likeness (QED) is 0.881. The van der Waals surface area contributed by atoms with Gasteiger partial charge in [-0.25, -0.2) is 0 Å². The number of rotatable bonds is 4. The maximum Gasteiger partial charge on any atom is 0.417 e. The van der Waals surface area contributed by atoms with Gasteiger partial charge in [-0.2, -0.15) is 13.2 Å². The molecule has 2 N–H and O–H groups in total. The minimum absolute atomic E-state index is 0.0169. The smallest absolute Gasteiger partial charge is 0.417 e. The van der Waals surface area contributed by atoms with Gasteiger partial charge in [0, 0.05) is 10.6 Å². The molecule has 1 atom stereocenters. The number of alkyl halides is 3. The van der Waals surface area contributed by atoms with Crippen LogP contribution in [0.4, 0.5) is 13.2 Å². The van der Waals surface area contributed by atoms with Crippen LogP contribution in [0.25, 0.3) is 0 Å². The maximum atomic E-state index is 12.0. The van der Waals surface area contributed by atoms with E-state index in [4.69, 9.17) is 26.6 Å². The summed E-state index contributed by atoms with van der Waals surface area (Å²) in [6, 6.07) is 4.30. The van der Waals surface area contributed by atoms with Crippen LogP contribution in [-0.4, -0.2) is 29.1 Å². The molecule has 0 fully saturated rings. The predicted octanol–water partition coefficient (Wildman–Crippen LogP) is 2.13. The van der Waals surface area contributed by atoms with Crippen molar-refractivity contribution in [2.24, 2.45) is 0 Å². The molecule has 0 amide bonds. The van der Waals surface area contributed by atoms with Crippen LogP contribution in [0.2, 0.25) is 5.02 Å². The van der Waals surface area contributed by atoms with E-state index in [2.05, 4.69) is 0 Å². The summed E-state index contributed by atoms with van der Waals surface area (Å²) in [6.45, 7) is -1.41. The highest BCUT2D eigenvalue weighted by Crippen LogP contribution is 2.27. The second kappa shape index (κ2) is 5.57. The molecule has 0 aromatic heterocycles. The first-order chi connectivity index (χ1) is 7.86. The first kappa shape index (κ1) is 14.1. The summed E-state index contributed by atoms with van der Waals surface area (Å²) >= 11 is 5.71. The number of aliphatic hydroxyl groups excluding tert-OH is 2. The van der Waals surface area contributed by atoms with Crippen molar-refractivity contribution in [1.29, 1.82) is 0 Å². The Hall–Kier alpha value is -0.980. The van der Waals surface area contributed by atoms with Crippen molar-refractivity contribution in [3.63, 3.8) is 0 Å². The Morgan fingerprint density at radius 1 is 1.35 bits per heavy atom. The summed E-state index contributed by atoms with van der Waals surface area (Å²) < 4.78 is 40.8. The second-order valence-electron chi connectivity index (χ2n) is 3.24. The van der Waals surface area contributed by atoms with Crippen LogP contribution >= 0.6 is 11.6 Å². The lowest BCUT2D eigenvalue weighted by molar-refractivity contribution is -0.210. The SMILES string of the molecule is OCc1c(Cl)cccc1OCC(O)C(F)(F)F. The summed E-state index contributed by atoms with van der Waals surface area (Å²) in [4.78, 5) is 0. The Labute approximate surface area is 100 Å².